The molecule has 4 amide bonds. The molecule has 5 N–H and O–H groups in total. The van der Waals surface area contributed by atoms with E-state index in [0.29, 0.717) is 0 Å². The number of nitrogens with one attached hydrogen (secondary N) is 3. The van der Waals surface area contributed by atoms with E-state index in [1.54, 1.807) is 38.2 Å². The van der Waals surface area contributed by atoms with Crippen molar-refractivity contribution in [3.63, 3.8) is 0 Å². The molecule has 1 fully saturated rings. The number of aromatic amines is 1. The average Bonchev–Trinajstić information content (AvgIpc) is 3.30. The van der Waals surface area contributed by atoms with Gasteiger partial charge < -0.3 is 26.3 Å². The van der Waals surface area contributed by atoms with Gasteiger partial charge in [0, 0.05) is 49.2 Å². The fraction of sp³-hybridized carbons (Fsp3) is 0.346. The fourth-order valence-electron chi connectivity index (χ4n) is 4.53. The van der Waals surface area contributed by atoms with Gasteiger partial charge in [-0.3, -0.25) is 9.59 Å². The maximum Gasteiger partial charge on any atom is 0.317 e. The first kappa shape index (κ1) is 27.1. The third kappa shape index (κ3) is 5.81. The standard InChI is InChI=1S/C26H32N6O5S/c1-17(2)29-26(35)31-12-13-32(38(36,37)19-8-4-3-5-9-19)23(16-31)25(34)30-22(24(27)33)14-18-15-28-21-11-7-6-10-20(18)21/h3-11,15,17,22-23,28H,12-14,16H2,1-2H3,(H2,27,33)(H,29,35)(H,30,34)/t22-,23-/m1/s1. The summed E-state index contributed by atoms with van der Waals surface area (Å²) in [5.41, 5.74) is 7.30. The van der Waals surface area contributed by atoms with Crippen LogP contribution in [0.25, 0.3) is 10.9 Å². The molecule has 0 spiro atoms. The van der Waals surface area contributed by atoms with Crippen molar-refractivity contribution in [1.29, 1.82) is 0 Å². The van der Waals surface area contributed by atoms with Crippen LogP contribution in [-0.4, -0.2) is 78.2 Å². The van der Waals surface area contributed by atoms with Crippen LogP contribution in [0.15, 0.2) is 65.7 Å². The Balaban J connectivity index is 1.61. The lowest BCUT2D eigenvalue weighted by Gasteiger charge is -2.40. The molecule has 1 aliphatic heterocycles. The molecule has 11 nitrogen and oxygen atoms in total. The zero-order chi connectivity index (χ0) is 27.4. The number of para-hydroxylation sites is 1. The number of benzene rings is 2. The molecular weight excluding hydrogens is 508 g/mol. The second-order valence-corrected chi connectivity index (χ2v) is 11.4. The number of hydrogen-bond acceptors (Lipinski definition) is 5. The normalized spacial score (nSPS) is 17.3. The molecule has 4 rings (SSSR count). The van der Waals surface area contributed by atoms with Crippen molar-refractivity contribution in [2.75, 3.05) is 19.6 Å². The topological polar surface area (TPSA) is 158 Å². The highest BCUT2D eigenvalue weighted by Gasteiger charge is 2.42. The Hall–Kier alpha value is -3.90. The van der Waals surface area contributed by atoms with Gasteiger partial charge in [-0.2, -0.15) is 4.31 Å². The van der Waals surface area contributed by atoms with Crippen LogP contribution in [0.1, 0.15) is 19.4 Å². The van der Waals surface area contributed by atoms with Crippen molar-refractivity contribution < 1.29 is 22.8 Å². The summed E-state index contributed by atoms with van der Waals surface area (Å²) >= 11 is 0. The summed E-state index contributed by atoms with van der Waals surface area (Å²) in [5.74, 6) is -1.47. The minimum absolute atomic E-state index is 0.0307. The second kappa shape index (κ2) is 11.2. The SMILES string of the molecule is CC(C)NC(=O)N1CCN(S(=O)(=O)c2ccccc2)[C@@H](C(=O)N[C@H](Cc2c[nH]c3ccccc23)C(N)=O)C1. The highest BCUT2D eigenvalue weighted by Crippen LogP contribution is 2.23. The molecule has 12 heteroatoms. The van der Waals surface area contributed by atoms with Crippen LogP contribution in [0.3, 0.4) is 0 Å². The number of primary amides is 1. The minimum atomic E-state index is -4.07. The molecule has 1 aliphatic rings. The van der Waals surface area contributed by atoms with E-state index in [2.05, 4.69) is 15.6 Å². The number of sulfonamides is 1. The van der Waals surface area contributed by atoms with Crippen LogP contribution in [0.4, 0.5) is 4.79 Å². The zero-order valence-corrected chi connectivity index (χ0v) is 22.1. The van der Waals surface area contributed by atoms with Crippen molar-refractivity contribution in [2.45, 2.75) is 43.3 Å². The van der Waals surface area contributed by atoms with E-state index in [9.17, 15) is 22.8 Å². The molecule has 1 aromatic heterocycles. The van der Waals surface area contributed by atoms with Gasteiger partial charge in [0.25, 0.3) is 0 Å². The quantitative estimate of drug-likeness (QED) is 0.337. The van der Waals surface area contributed by atoms with Crippen LogP contribution in [0.2, 0.25) is 0 Å². The molecular formula is C26H32N6O5S. The third-order valence-electron chi connectivity index (χ3n) is 6.44. The number of aromatic nitrogens is 1. The number of hydrogen-bond donors (Lipinski definition) is 4. The van der Waals surface area contributed by atoms with Crippen molar-refractivity contribution in [2.24, 2.45) is 5.73 Å². The summed E-state index contributed by atoms with van der Waals surface area (Å²) in [7, 11) is -4.07. The summed E-state index contributed by atoms with van der Waals surface area (Å²) in [6, 6.07) is 12.4. The fourth-order valence-corrected chi connectivity index (χ4v) is 6.12. The molecule has 202 valence electrons. The molecule has 2 aromatic carbocycles. The van der Waals surface area contributed by atoms with Crippen molar-refractivity contribution >= 4 is 38.8 Å². The van der Waals surface area contributed by atoms with Crippen LogP contribution in [0, 0.1) is 0 Å². The molecule has 1 saturated heterocycles. The van der Waals surface area contributed by atoms with Gasteiger partial charge in [0.2, 0.25) is 21.8 Å². The Morgan fingerprint density at radius 3 is 2.39 bits per heavy atom. The van der Waals surface area contributed by atoms with Gasteiger partial charge >= 0.3 is 6.03 Å². The summed E-state index contributed by atoms with van der Waals surface area (Å²) in [6.07, 6.45) is 1.86. The minimum Gasteiger partial charge on any atom is -0.368 e. The van der Waals surface area contributed by atoms with E-state index in [0.717, 1.165) is 20.8 Å². The highest BCUT2D eigenvalue weighted by atomic mass is 32.2. The number of piperazine rings is 1. The third-order valence-corrected chi connectivity index (χ3v) is 8.36. The number of amides is 4. The molecule has 0 bridgehead atoms. The van der Waals surface area contributed by atoms with Crippen molar-refractivity contribution in [3.05, 3.63) is 66.4 Å². The smallest absolute Gasteiger partial charge is 0.317 e. The molecule has 3 aromatic rings. The first-order valence-corrected chi connectivity index (χ1v) is 13.8. The maximum atomic E-state index is 13.6. The average molecular weight is 541 g/mol. The molecule has 0 unspecified atom stereocenters. The molecule has 38 heavy (non-hydrogen) atoms. The lowest BCUT2D eigenvalue weighted by atomic mass is 10.0. The summed E-state index contributed by atoms with van der Waals surface area (Å²) in [5, 5.41) is 6.31. The number of carbonyl (C=O) groups excluding carboxylic acids is 3. The van der Waals surface area contributed by atoms with E-state index >= 15 is 0 Å². The number of nitrogens with zero attached hydrogens (tertiary/aromatic N) is 2. The van der Waals surface area contributed by atoms with Crippen LogP contribution < -0.4 is 16.4 Å². The van der Waals surface area contributed by atoms with Crippen molar-refractivity contribution in [1.82, 2.24) is 24.8 Å². The molecule has 0 radical (unpaired) electrons. The monoisotopic (exact) mass is 540 g/mol. The predicted molar refractivity (Wildman–Crippen MR) is 142 cm³/mol. The lowest BCUT2D eigenvalue weighted by molar-refractivity contribution is -0.130. The van der Waals surface area contributed by atoms with Gasteiger partial charge in [-0.1, -0.05) is 36.4 Å². The Labute approximate surface area is 221 Å². The Morgan fingerprint density at radius 2 is 1.71 bits per heavy atom. The first-order valence-electron chi connectivity index (χ1n) is 12.3. The van der Waals surface area contributed by atoms with Gasteiger partial charge in [-0.15, -0.1) is 0 Å². The number of H-pyrrole nitrogens is 1. The first-order chi connectivity index (χ1) is 18.1. The highest BCUT2D eigenvalue weighted by molar-refractivity contribution is 7.89. The van der Waals surface area contributed by atoms with Crippen LogP contribution in [0.5, 0.6) is 0 Å². The Kier molecular flexibility index (Phi) is 8.02. The summed E-state index contributed by atoms with van der Waals surface area (Å²) in [6.45, 7) is 3.43. The Morgan fingerprint density at radius 1 is 1.03 bits per heavy atom. The number of urea groups is 1. The van der Waals surface area contributed by atoms with E-state index in [-0.39, 0.29) is 37.0 Å². The Bertz CT molecular complexity index is 1420. The van der Waals surface area contributed by atoms with Gasteiger partial charge in [-0.05, 0) is 37.6 Å². The van der Waals surface area contributed by atoms with E-state index in [1.165, 1.54) is 17.0 Å². The summed E-state index contributed by atoms with van der Waals surface area (Å²) in [4.78, 5) is 43.2. The maximum absolute atomic E-state index is 13.6. The summed E-state index contributed by atoms with van der Waals surface area (Å²) < 4.78 is 28.1. The number of rotatable bonds is 8. The number of fused-ring (bicyclic) bond motifs is 1. The molecule has 0 aliphatic carbocycles. The van der Waals surface area contributed by atoms with E-state index in [4.69, 9.17) is 5.73 Å². The number of carbonyl (C=O) groups is 3. The van der Waals surface area contributed by atoms with Crippen LogP contribution >= 0.6 is 0 Å². The van der Waals surface area contributed by atoms with Gasteiger partial charge in [0.05, 0.1) is 4.90 Å². The predicted octanol–water partition coefficient (Wildman–Crippen LogP) is 1.17. The molecule has 0 saturated carbocycles. The van der Waals surface area contributed by atoms with Crippen molar-refractivity contribution in [3.8, 4) is 0 Å². The van der Waals surface area contributed by atoms with E-state index in [1.807, 2.05) is 24.3 Å². The molecule has 2 heterocycles. The van der Waals surface area contributed by atoms with Gasteiger partial charge in [-0.25, -0.2) is 13.2 Å². The zero-order valence-electron chi connectivity index (χ0n) is 21.3. The second-order valence-electron chi connectivity index (χ2n) is 9.52. The van der Waals surface area contributed by atoms with Gasteiger partial charge in [0.1, 0.15) is 12.1 Å². The van der Waals surface area contributed by atoms with Crippen LogP contribution in [-0.2, 0) is 26.0 Å². The number of nitrogens with two attached hydrogens (primary N) is 1. The lowest BCUT2D eigenvalue weighted by Crippen LogP contribution is -2.64. The van der Waals surface area contributed by atoms with Gasteiger partial charge in [0.15, 0.2) is 0 Å². The molecule has 2 atom stereocenters. The van der Waals surface area contributed by atoms with E-state index < -0.39 is 40.0 Å². The largest absolute Gasteiger partial charge is 0.368 e.